The van der Waals surface area contributed by atoms with Crippen LogP contribution < -0.4 is 5.32 Å². The van der Waals surface area contributed by atoms with Gasteiger partial charge in [0.1, 0.15) is 5.69 Å². The van der Waals surface area contributed by atoms with Crippen molar-refractivity contribution in [3.8, 4) is 0 Å². The summed E-state index contributed by atoms with van der Waals surface area (Å²) in [5, 5.41) is 14.2. The fraction of sp³-hybridized carbons (Fsp3) is 0.353. The average Bonchev–Trinajstić information content (AvgIpc) is 3.02. The summed E-state index contributed by atoms with van der Waals surface area (Å²) in [5.41, 5.74) is 2.20. The van der Waals surface area contributed by atoms with Crippen molar-refractivity contribution < 1.29 is 14.7 Å². The fourth-order valence-corrected chi connectivity index (χ4v) is 3.63. The van der Waals surface area contributed by atoms with Gasteiger partial charge in [-0.25, -0.2) is 4.98 Å². The lowest BCUT2D eigenvalue weighted by molar-refractivity contribution is -0.136. The van der Waals surface area contributed by atoms with Crippen LogP contribution in [0.2, 0.25) is 0 Å². The fourth-order valence-electron chi connectivity index (χ4n) is 1.94. The summed E-state index contributed by atoms with van der Waals surface area (Å²) in [5.74, 6) is 0.595. The van der Waals surface area contributed by atoms with E-state index in [4.69, 9.17) is 5.11 Å². The average molecular weight is 364 g/mol. The highest BCUT2D eigenvalue weighted by Gasteiger charge is 2.13. The van der Waals surface area contributed by atoms with Gasteiger partial charge in [-0.1, -0.05) is 26.0 Å². The Bertz CT molecular complexity index is 713. The Morgan fingerprint density at radius 1 is 1.38 bits per heavy atom. The number of carbonyl (C=O) groups excluding carboxylic acids is 1. The largest absolute Gasteiger partial charge is 0.481 e. The molecule has 1 aromatic heterocycles. The van der Waals surface area contributed by atoms with Crippen LogP contribution in [-0.4, -0.2) is 27.7 Å². The van der Waals surface area contributed by atoms with E-state index in [1.807, 2.05) is 38.1 Å². The zero-order chi connectivity index (χ0) is 17.5. The van der Waals surface area contributed by atoms with Crippen LogP contribution in [0.1, 0.15) is 47.2 Å². The van der Waals surface area contributed by atoms with Gasteiger partial charge in [0.05, 0.1) is 11.4 Å². The van der Waals surface area contributed by atoms with Crippen LogP contribution in [0.25, 0.3) is 0 Å². The van der Waals surface area contributed by atoms with Crippen LogP contribution in [0, 0.1) is 0 Å². The number of nitrogens with one attached hydrogen (secondary N) is 1. The van der Waals surface area contributed by atoms with Crippen LogP contribution in [0.5, 0.6) is 0 Å². The van der Waals surface area contributed by atoms with Gasteiger partial charge >= 0.3 is 5.97 Å². The van der Waals surface area contributed by atoms with E-state index < -0.39 is 5.97 Å². The summed E-state index contributed by atoms with van der Waals surface area (Å²) in [6, 6.07) is 7.58. The number of carbonyl (C=O) groups is 2. The van der Waals surface area contributed by atoms with Crippen molar-refractivity contribution in [1.82, 2.24) is 4.98 Å². The SMILES string of the molecule is CC(C)c1nc(C(=O)Nc2cccc(CSCCC(=O)O)c2)cs1. The minimum Gasteiger partial charge on any atom is -0.481 e. The predicted molar refractivity (Wildman–Crippen MR) is 99.0 cm³/mol. The second kappa shape index (κ2) is 8.84. The summed E-state index contributed by atoms with van der Waals surface area (Å²) in [4.78, 5) is 27.1. The molecule has 1 heterocycles. The molecule has 0 fully saturated rings. The summed E-state index contributed by atoms with van der Waals surface area (Å²) >= 11 is 3.05. The molecule has 2 rings (SSSR count). The Hall–Kier alpha value is -1.86. The van der Waals surface area contributed by atoms with Crippen LogP contribution >= 0.6 is 23.1 Å². The lowest BCUT2D eigenvalue weighted by Gasteiger charge is -2.06. The maximum atomic E-state index is 12.3. The summed E-state index contributed by atoms with van der Waals surface area (Å²) < 4.78 is 0. The molecule has 128 valence electrons. The number of thioether (sulfide) groups is 1. The van der Waals surface area contributed by atoms with Crippen molar-refractivity contribution >= 4 is 40.7 Å². The molecule has 0 aliphatic carbocycles. The molecular weight excluding hydrogens is 344 g/mol. The van der Waals surface area contributed by atoms with Gasteiger partial charge in [0.25, 0.3) is 5.91 Å². The highest BCUT2D eigenvalue weighted by Crippen LogP contribution is 2.21. The summed E-state index contributed by atoms with van der Waals surface area (Å²) in [6.45, 7) is 4.10. The monoisotopic (exact) mass is 364 g/mol. The van der Waals surface area contributed by atoms with E-state index in [-0.39, 0.29) is 12.3 Å². The molecule has 0 aliphatic rings. The summed E-state index contributed by atoms with van der Waals surface area (Å²) in [7, 11) is 0. The number of aromatic nitrogens is 1. The van der Waals surface area contributed by atoms with E-state index in [1.165, 1.54) is 11.3 Å². The first-order valence-corrected chi connectivity index (χ1v) is 9.64. The molecule has 7 heteroatoms. The van der Waals surface area contributed by atoms with E-state index in [0.717, 1.165) is 16.3 Å². The molecule has 0 bridgehead atoms. The Morgan fingerprint density at radius 3 is 2.83 bits per heavy atom. The molecule has 24 heavy (non-hydrogen) atoms. The van der Waals surface area contributed by atoms with Crippen molar-refractivity contribution in [3.63, 3.8) is 0 Å². The van der Waals surface area contributed by atoms with E-state index in [9.17, 15) is 9.59 Å². The third kappa shape index (κ3) is 5.65. The molecule has 0 spiro atoms. The molecule has 0 atom stereocenters. The normalized spacial score (nSPS) is 10.8. The van der Waals surface area contributed by atoms with Gasteiger partial charge in [-0.3, -0.25) is 9.59 Å². The van der Waals surface area contributed by atoms with Gasteiger partial charge in [0, 0.05) is 28.5 Å². The molecule has 0 radical (unpaired) electrons. The molecule has 5 nitrogen and oxygen atoms in total. The van der Waals surface area contributed by atoms with E-state index in [1.54, 1.807) is 17.1 Å². The number of rotatable bonds is 8. The first-order valence-electron chi connectivity index (χ1n) is 7.61. The van der Waals surface area contributed by atoms with Crippen LogP contribution in [0.4, 0.5) is 5.69 Å². The van der Waals surface area contributed by atoms with Crippen molar-refractivity contribution in [2.75, 3.05) is 11.1 Å². The lowest BCUT2D eigenvalue weighted by atomic mass is 10.2. The van der Waals surface area contributed by atoms with Gasteiger partial charge in [0.2, 0.25) is 0 Å². The number of hydrogen-bond donors (Lipinski definition) is 2. The lowest BCUT2D eigenvalue weighted by Crippen LogP contribution is -2.12. The van der Waals surface area contributed by atoms with Gasteiger partial charge in [-0.15, -0.1) is 11.3 Å². The predicted octanol–water partition coefficient (Wildman–Crippen LogP) is 4.23. The van der Waals surface area contributed by atoms with Crippen molar-refractivity contribution in [2.45, 2.75) is 31.9 Å². The Morgan fingerprint density at radius 2 is 2.17 bits per heavy atom. The Labute approximate surface area is 149 Å². The van der Waals surface area contributed by atoms with E-state index >= 15 is 0 Å². The minimum atomic E-state index is -0.785. The topological polar surface area (TPSA) is 79.3 Å². The smallest absolute Gasteiger partial charge is 0.304 e. The number of benzene rings is 1. The summed E-state index contributed by atoms with van der Waals surface area (Å²) in [6.07, 6.45) is 0.156. The van der Waals surface area contributed by atoms with Crippen molar-refractivity contribution in [2.24, 2.45) is 0 Å². The number of aliphatic carboxylic acids is 1. The van der Waals surface area contributed by atoms with Crippen LogP contribution in [0.15, 0.2) is 29.6 Å². The second-order valence-corrected chi connectivity index (χ2v) is 7.57. The van der Waals surface area contributed by atoms with Gasteiger partial charge < -0.3 is 10.4 Å². The Kier molecular flexibility index (Phi) is 6.81. The van der Waals surface area contributed by atoms with Gasteiger partial charge in [0.15, 0.2) is 0 Å². The maximum absolute atomic E-state index is 12.3. The molecule has 0 saturated heterocycles. The molecule has 0 saturated carbocycles. The molecule has 2 aromatic rings. The molecule has 0 unspecified atom stereocenters. The number of thiazole rings is 1. The third-order valence-electron chi connectivity index (χ3n) is 3.16. The zero-order valence-electron chi connectivity index (χ0n) is 13.6. The third-order valence-corrected chi connectivity index (χ3v) is 5.34. The number of carboxylic acid groups (broad SMARTS) is 1. The number of anilines is 1. The van der Waals surface area contributed by atoms with E-state index in [2.05, 4.69) is 10.3 Å². The van der Waals surface area contributed by atoms with Crippen LogP contribution in [0.3, 0.4) is 0 Å². The number of carboxylic acids is 1. The zero-order valence-corrected chi connectivity index (χ0v) is 15.2. The van der Waals surface area contributed by atoms with Gasteiger partial charge in [-0.2, -0.15) is 11.8 Å². The number of nitrogens with zero attached hydrogens (tertiary/aromatic N) is 1. The molecule has 0 aliphatic heterocycles. The first kappa shape index (κ1) is 18.5. The highest BCUT2D eigenvalue weighted by atomic mass is 32.2. The first-order chi connectivity index (χ1) is 11.5. The van der Waals surface area contributed by atoms with Crippen molar-refractivity contribution in [3.05, 3.63) is 45.9 Å². The highest BCUT2D eigenvalue weighted by molar-refractivity contribution is 7.98. The number of hydrogen-bond acceptors (Lipinski definition) is 5. The minimum absolute atomic E-state index is 0.156. The number of amides is 1. The maximum Gasteiger partial charge on any atom is 0.304 e. The molecule has 2 N–H and O–H groups in total. The van der Waals surface area contributed by atoms with Gasteiger partial charge in [-0.05, 0) is 17.7 Å². The molecule has 1 amide bonds. The van der Waals surface area contributed by atoms with Crippen molar-refractivity contribution in [1.29, 1.82) is 0 Å². The molecular formula is C17H20N2O3S2. The molecule has 1 aromatic carbocycles. The van der Waals surface area contributed by atoms with Crippen LogP contribution in [-0.2, 0) is 10.5 Å². The quantitative estimate of drug-likeness (QED) is 0.685. The van der Waals surface area contributed by atoms with E-state index in [0.29, 0.717) is 23.1 Å². The standard InChI is InChI=1S/C17H20N2O3S2/c1-11(2)17-19-14(10-24-17)16(22)18-13-5-3-4-12(8-13)9-23-7-6-15(20)21/h3-5,8,10-11H,6-7,9H2,1-2H3,(H,18,22)(H,20,21). The second-order valence-electron chi connectivity index (χ2n) is 5.58. The Balaban J connectivity index is 1.93.